The Kier molecular flexibility index (Phi) is 3.54. The van der Waals surface area contributed by atoms with Crippen LogP contribution in [0.5, 0.6) is 0 Å². The lowest BCUT2D eigenvalue weighted by Gasteiger charge is -2.19. The van der Waals surface area contributed by atoms with Gasteiger partial charge in [0.05, 0.1) is 12.3 Å². The van der Waals surface area contributed by atoms with Crippen molar-refractivity contribution >= 4 is 0 Å². The zero-order valence-electron chi connectivity index (χ0n) is 11.2. The fraction of sp³-hybridized carbons (Fsp3) is 0.400. The highest BCUT2D eigenvalue weighted by Gasteiger charge is 2.37. The van der Waals surface area contributed by atoms with Gasteiger partial charge in [-0.05, 0) is 30.2 Å². The van der Waals surface area contributed by atoms with Crippen molar-refractivity contribution in [2.75, 3.05) is 19.7 Å². The Balaban J connectivity index is 1.71. The first-order chi connectivity index (χ1) is 9.68. The molecule has 20 heavy (non-hydrogen) atoms. The third kappa shape index (κ3) is 2.73. The molecule has 1 aromatic carbocycles. The first kappa shape index (κ1) is 13.3. The van der Waals surface area contributed by atoms with Gasteiger partial charge in [-0.3, -0.25) is 4.90 Å². The number of hydrogen-bond acceptors (Lipinski definition) is 3. The molecule has 3 rings (SSSR count). The Morgan fingerprint density at radius 2 is 2.25 bits per heavy atom. The van der Waals surface area contributed by atoms with E-state index in [2.05, 4.69) is 11.2 Å². The fourth-order valence-corrected chi connectivity index (χ4v) is 2.66. The summed E-state index contributed by atoms with van der Waals surface area (Å²) in [5, 5.41) is 13.3. The second-order valence-corrected chi connectivity index (χ2v) is 5.39. The maximum absolute atomic E-state index is 14.0. The van der Waals surface area contributed by atoms with Crippen LogP contribution in [0.15, 0.2) is 42.7 Å². The Labute approximate surface area is 117 Å². The van der Waals surface area contributed by atoms with Crippen LogP contribution in [0.1, 0.15) is 12.0 Å². The monoisotopic (exact) mass is 275 g/mol. The molecule has 0 aliphatic carbocycles. The van der Waals surface area contributed by atoms with Crippen LogP contribution in [-0.2, 0) is 6.54 Å². The lowest BCUT2D eigenvalue weighted by Crippen LogP contribution is -2.32. The highest BCUT2D eigenvalue weighted by molar-refractivity contribution is 5.35. The summed E-state index contributed by atoms with van der Waals surface area (Å²) in [6.07, 6.45) is 4.04. The summed E-state index contributed by atoms with van der Waals surface area (Å²) in [5.41, 5.74) is 0.695. The molecule has 1 aliphatic rings. The predicted molar refractivity (Wildman–Crippen MR) is 74.4 cm³/mol. The van der Waals surface area contributed by atoms with Crippen molar-refractivity contribution in [3.05, 3.63) is 48.3 Å². The van der Waals surface area contributed by atoms with Gasteiger partial charge >= 0.3 is 0 Å². The number of hydrogen-bond donors (Lipinski definition) is 1. The molecule has 0 amide bonds. The van der Waals surface area contributed by atoms with Gasteiger partial charge in [-0.1, -0.05) is 12.1 Å². The molecule has 1 aromatic heterocycles. The van der Waals surface area contributed by atoms with Crippen molar-refractivity contribution in [2.45, 2.75) is 18.6 Å². The number of benzene rings is 1. The molecule has 5 heteroatoms. The van der Waals surface area contributed by atoms with Gasteiger partial charge in [-0.25, -0.2) is 9.07 Å². The van der Waals surface area contributed by atoms with Crippen LogP contribution in [0.2, 0.25) is 0 Å². The van der Waals surface area contributed by atoms with Crippen molar-refractivity contribution < 1.29 is 9.50 Å². The molecule has 106 valence electrons. The van der Waals surface area contributed by atoms with Gasteiger partial charge in [0.15, 0.2) is 0 Å². The van der Waals surface area contributed by atoms with Crippen LogP contribution in [0, 0.1) is 0 Å². The van der Waals surface area contributed by atoms with E-state index in [1.807, 2.05) is 35.4 Å². The van der Waals surface area contributed by atoms with Gasteiger partial charge in [0.1, 0.15) is 5.67 Å². The second-order valence-electron chi connectivity index (χ2n) is 5.39. The largest absolute Gasteiger partial charge is 0.393 e. The molecule has 1 N–H and O–H groups in total. The summed E-state index contributed by atoms with van der Waals surface area (Å²) in [4.78, 5) is 2.04. The molecule has 2 heterocycles. The molecule has 4 nitrogen and oxygen atoms in total. The van der Waals surface area contributed by atoms with Gasteiger partial charge in [0, 0.05) is 32.0 Å². The smallest absolute Gasteiger partial charge is 0.147 e. The van der Waals surface area contributed by atoms with Gasteiger partial charge < -0.3 is 5.11 Å². The molecule has 1 aliphatic heterocycles. The van der Waals surface area contributed by atoms with Crippen molar-refractivity contribution in [3.8, 4) is 5.69 Å². The Morgan fingerprint density at radius 3 is 2.95 bits per heavy atom. The van der Waals surface area contributed by atoms with E-state index in [9.17, 15) is 4.39 Å². The molecule has 0 bridgehead atoms. The van der Waals surface area contributed by atoms with Crippen LogP contribution >= 0.6 is 0 Å². The normalized spacial score (nSPS) is 23.3. The van der Waals surface area contributed by atoms with Crippen LogP contribution < -0.4 is 0 Å². The van der Waals surface area contributed by atoms with Crippen LogP contribution in [0.3, 0.4) is 0 Å². The van der Waals surface area contributed by atoms with E-state index in [1.165, 1.54) is 0 Å². The highest BCUT2D eigenvalue weighted by atomic mass is 19.1. The predicted octanol–water partition coefficient (Wildman–Crippen LogP) is 1.78. The molecule has 1 unspecified atom stereocenters. The standard InChI is InChI=1S/C15H18FN3O/c16-15(12-20)5-8-18(11-15)10-13-3-1-4-14(9-13)19-7-2-6-17-19/h1-4,6-7,9,20H,5,8,10-12H2. The fourth-order valence-electron chi connectivity index (χ4n) is 2.66. The van der Waals surface area contributed by atoms with E-state index >= 15 is 0 Å². The zero-order chi connectivity index (χ0) is 14.0. The lowest BCUT2D eigenvalue weighted by atomic mass is 10.1. The second kappa shape index (κ2) is 5.34. The van der Waals surface area contributed by atoms with E-state index in [-0.39, 0.29) is 0 Å². The maximum atomic E-state index is 14.0. The maximum Gasteiger partial charge on any atom is 0.147 e. The molecular formula is C15H18FN3O. The molecule has 0 spiro atoms. The number of alkyl halides is 1. The number of aromatic nitrogens is 2. The average Bonchev–Trinajstić information content (AvgIpc) is 3.10. The molecular weight excluding hydrogens is 257 g/mol. The summed E-state index contributed by atoms with van der Waals surface area (Å²) in [5.74, 6) is 0. The molecule has 1 atom stereocenters. The van der Waals surface area contributed by atoms with Crippen molar-refractivity contribution in [1.29, 1.82) is 0 Å². The number of likely N-dealkylation sites (tertiary alicyclic amines) is 1. The third-order valence-corrected chi connectivity index (χ3v) is 3.75. The number of aliphatic hydroxyl groups is 1. The number of nitrogens with zero attached hydrogens (tertiary/aromatic N) is 3. The summed E-state index contributed by atoms with van der Waals surface area (Å²) in [6.45, 7) is 1.29. The van der Waals surface area contributed by atoms with Gasteiger partial charge in [-0.2, -0.15) is 5.10 Å². The lowest BCUT2D eigenvalue weighted by molar-refractivity contribution is 0.0769. The summed E-state index contributed by atoms with van der Waals surface area (Å²) in [7, 11) is 0. The summed E-state index contributed by atoms with van der Waals surface area (Å²) < 4.78 is 15.8. The van der Waals surface area contributed by atoms with E-state index in [1.54, 1.807) is 10.9 Å². The Morgan fingerprint density at radius 1 is 1.35 bits per heavy atom. The molecule has 0 radical (unpaired) electrons. The van der Waals surface area contributed by atoms with E-state index < -0.39 is 12.3 Å². The highest BCUT2D eigenvalue weighted by Crippen LogP contribution is 2.26. The third-order valence-electron chi connectivity index (χ3n) is 3.75. The molecule has 2 aromatic rings. The minimum Gasteiger partial charge on any atom is -0.393 e. The van der Waals surface area contributed by atoms with Gasteiger partial charge in [-0.15, -0.1) is 0 Å². The minimum absolute atomic E-state index is 0.301. The number of halogens is 1. The first-order valence-electron chi connectivity index (χ1n) is 6.80. The Bertz CT molecular complexity index is 572. The van der Waals surface area contributed by atoms with Gasteiger partial charge in [0.25, 0.3) is 0 Å². The van der Waals surface area contributed by atoms with E-state index in [0.717, 1.165) is 11.3 Å². The first-order valence-corrected chi connectivity index (χ1v) is 6.80. The van der Waals surface area contributed by atoms with Gasteiger partial charge in [0.2, 0.25) is 0 Å². The SMILES string of the molecule is OCC1(F)CCN(Cc2cccc(-n3cccn3)c2)C1. The number of rotatable bonds is 4. The summed E-state index contributed by atoms with van der Waals surface area (Å²) >= 11 is 0. The molecule has 1 saturated heterocycles. The average molecular weight is 275 g/mol. The van der Waals surface area contributed by atoms with Crippen molar-refractivity contribution in [1.82, 2.24) is 14.7 Å². The van der Waals surface area contributed by atoms with E-state index in [0.29, 0.717) is 26.1 Å². The van der Waals surface area contributed by atoms with Crippen LogP contribution in [-0.4, -0.2) is 45.2 Å². The molecule has 1 fully saturated rings. The Hall–Kier alpha value is -1.72. The van der Waals surface area contributed by atoms with Crippen LogP contribution in [0.4, 0.5) is 4.39 Å². The minimum atomic E-state index is -1.43. The van der Waals surface area contributed by atoms with Crippen molar-refractivity contribution in [2.24, 2.45) is 0 Å². The van der Waals surface area contributed by atoms with Crippen LogP contribution in [0.25, 0.3) is 5.69 Å². The number of aliphatic hydroxyl groups excluding tert-OH is 1. The topological polar surface area (TPSA) is 41.3 Å². The zero-order valence-corrected chi connectivity index (χ0v) is 11.2. The summed E-state index contributed by atoms with van der Waals surface area (Å²) in [6, 6.07) is 9.95. The van der Waals surface area contributed by atoms with E-state index in [4.69, 9.17) is 5.11 Å². The quantitative estimate of drug-likeness (QED) is 0.924. The molecule has 0 saturated carbocycles. The van der Waals surface area contributed by atoms with Crippen molar-refractivity contribution in [3.63, 3.8) is 0 Å².